The molecule has 0 aliphatic heterocycles. The summed E-state index contributed by atoms with van der Waals surface area (Å²) in [4.78, 5) is 39.5. The normalized spacial score (nSPS) is 13.5. The molecule has 9 heteroatoms. The molecule has 0 unspecified atom stereocenters. The van der Waals surface area contributed by atoms with E-state index in [0.29, 0.717) is 0 Å². The third kappa shape index (κ3) is 8.75. The Morgan fingerprint density at radius 1 is 0.723 bits per heavy atom. The molecule has 5 rings (SSSR count). The van der Waals surface area contributed by atoms with Gasteiger partial charge in [0.1, 0.15) is 12.6 Å². The van der Waals surface area contributed by atoms with Crippen LogP contribution in [0.2, 0.25) is 25.7 Å². The van der Waals surface area contributed by atoms with E-state index < -0.39 is 44.7 Å². The monoisotopic (exact) mass is 650 g/mol. The first-order valence-electron chi connectivity index (χ1n) is 16.0. The van der Waals surface area contributed by atoms with Gasteiger partial charge >= 0.3 is 12.1 Å². The lowest BCUT2D eigenvalue weighted by atomic mass is 9.98. The minimum Gasteiger partial charge on any atom is -0.464 e. The van der Waals surface area contributed by atoms with E-state index in [0.717, 1.165) is 45.0 Å². The molecular formula is C38H42N2O6Si. The van der Waals surface area contributed by atoms with Gasteiger partial charge < -0.3 is 25.2 Å². The molecule has 0 saturated heterocycles. The van der Waals surface area contributed by atoms with Crippen LogP contribution >= 0.6 is 0 Å². The molecule has 1 aliphatic carbocycles. The lowest BCUT2D eigenvalue weighted by Gasteiger charge is -2.23. The number of benzene rings is 4. The van der Waals surface area contributed by atoms with E-state index in [1.54, 1.807) is 0 Å². The Bertz CT molecular complexity index is 1640. The molecule has 4 aromatic rings. The molecule has 3 N–H and O–H groups in total. The molecule has 47 heavy (non-hydrogen) atoms. The van der Waals surface area contributed by atoms with E-state index in [9.17, 15) is 19.5 Å². The summed E-state index contributed by atoms with van der Waals surface area (Å²) in [6.07, 6.45) is -0.625. The van der Waals surface area contributed by atoms with E-state index in [1.165, 1.54) is 0 Å². The molecule has 244 valence electrons. The van der Waals surface area contributed by atoms with E-state index >= 15 is 0 Å². The van der Waals surface area contributed by atoms with Gasteiger partial charge in [0.25, 0.3) is 0 Å². The van der Waals surface area contributed by atoms with Gasteiger partial charge in [-0.3, -0.25) is 4.79 Å². The molecule has 0 spiro atoms. The lowest BCUT2D eigenvalue weighted by Crippen LogP contribution is -2.54. The summed E-state index contributed by atoms with van der Waals surface area (Å²) >= 11 is 0. The largest absolute Gasteiger partial charge is 0.464 e. The highest BCUT2D eigenvalue weighted by molar-refractivity contribution is 6.76. The molecule has 0 bridgehead atoms. The number of amides is 2. The maximum atomic E-state index is 13.6. The van der Waals surface area contributed by atoms with Gasteiger partial charge in [-0.1, -0.05) is 123 Å². The number of ether oxygens (including phenoxy) is 2. The van der Waals surface area contributed by atoms with Crippen LogP contribution in [-0.4, -0.2) is 63.1 Å². The van der Waals surface area contributed by atoms with Crippen LogP contribution in [0.5, 0.6) is 0 Å². The van der Waals surface area contributed by atoms with Crippen LogP contribution in [0.15, 0.2) is 103 Å². The third-order valence-electron chi connectivity index (χ3n) is 8.33. The highest BCUT2D eigenvalue weighted by Gasteiger charge is 2.31. The number of nitrogens with one attached hydrogen (secondary N) is 2. The number of esters is 1. The molecule has 0 saturated carbocycles. The minimum absolute atomic E-state index is 0.0860. The van der Waals surface area contributed by atoms with E-state index in [1.807, 2.05) is 91.0 Å². The third-order valence-corrected chi connectivity index (χ3v) is 10.0. The quantitative estimate of drug-likeness (QED) is 0.118. The fraction of sp³-hybridized carbons (Fsp3) is 0.289. The van der Waals surface area contributed by atoms with Crippen molar-refractivity contribution >= 4 is 26.0 Å². The SMILES string of the molecule is C[Si](C)(C)CCOC(=O)[C@@H](CO)NC(=O)[C@H](Cc1ccc(-c2ccccc2)cc1)NC(=O)OCC1c2ccccc2-c2ccccc21. The average molecular weight is 651 g/mol. The maximum absolute atomic E-state index is 13.6. The Balaban J connectivity index is 1.28. The van der Waals surface area contributed by atoms with Crippen molar-refractivity contribution in [2.24, 2.45) is 0 Å². The molecule has 2 atom stereocenters. The minimum atomic E-state index is -1.45. The zero-order chi connectivity index (χ0) is 33.4. The van der Waals surface area contributed by atoms with E-state index in [-0.39, 0.29) is 25.6 Å². The molecule has 0 aromatic heterocycles. The number of alkyl carbamates (subject to hydrolysis) is 1. The van der Waals surface area contributed by atoms with Crippen molar-refractivity contribution in [1.82, 2.24) is 10.6 Å². The number of carbonyl (C=O) groups is 3. The van der Waals surface area contributed by atoms with E-state index in [2.05, 4.69) is 42.4 Å². The zero-order valence-electron chi connectivity index (χ0n) is 27.1. The molecule has 0 radical (unpaired) electrons. The van der Waals surface area contributed by atoms with Crippen LogP contribution in [-0.2, 0) is 25.5 Å². The Labute approximate surface area is 277 Å². The molecule has 0 heterocycles. The summed E-state index contributed by atoms with van der Waals surface area (Å²) in [7, 11) is -1.45. The van der Waals surface area contributed by atoms with Gasteiger partial charge in [0.2, 0.25) is 5.91 Å². The standard InChI is InChI=1S/C38H42N2O6Si/c1-47(2,3)22-21-45-37(43)35(24-41)39-36(42)34(23-26-17-19-28(20-18-26)27-11-5-4-6-12-27)40-38(44)46-25-33-31-15-9-7-13-29(31)30-14-8-10-16-32(30)33/h4-20,33-35,41H,21-25H2,1-3H3,(H,39,42)(H,40,44)/t34-,35+/m0/s1. The predicted molar refractivity (Wildman–Crippen MR) is 186 cm³/mol. The summed E-state index contributed by atoms with van der Waals surface area (Å²) < 4.78 is 11.1. The van der Waals surface area contributed by atoms with Crippen LogP contribution in [0, 0.1) is 0 Å². The van der Waals surface area contributed by atoms with Gasteiger partial charge in [0.05, 0.1) is 13.2 Å². The first-order chi connectivity index (χ1) is 22.6. The van der Waals surface area contributed by atoms with Crippen LogP contribution in [0.3, 0.4) is 0 Å². The van der Waals surface area contributed by atoms with Crippen molar-refractivity contribution in [1.29, 1.82) is 0 Å². The van der Waals surface area contributed by atoms with Crippen molar-refractivity contribution in [2.75, 3.05) is 19.8 Å². The average Bonchev–Trinajstić information content (AvgIpc) is 3.39. The summed E-state index contributed by atoms with van der Waals surface area (Å²) in [6, 6.07) is 32.1. The summed E-state index contributed by atoms with van der Waals surface area (Å²) in [5.74, 6) is -1.49. The van der Waals surface area contributed by atoms with Crippen LogP contribution in [0.4, 0.5) is 4.79 Å². The number of aliphatic hydroxyl groups excluding tert-OH is 1. The molecule has 1 aliphatic rings. The van der Waals surface area contributed by atoms with Crippen molar-refractivity contribution in [3.05, 3.63) is 120 Å². The van der Waals surface area contributed by atoms with Gasteiger partial charge in [0.15, 0.2) is 6.04 Å². The zero-order valence-corrected chi connectivity index (χ0v) is 28.1. The van der Waals surface area contributed by atoms with Crippen LogP contribution in [0.1, 0.15) is 22.6 Å². The maximum Gasteiger partial charge on any atom is 0.407 e. The van der Waals surface area contributed by atoms with E-state index in [4.69, 9.17) is 9.47 Å². The molecule has 8 nitrogen and oxygen atoms in total. The second kappa shape index (κ2) is 15.2. The molecule has 4 aromatic carbocycles. The summed E-state index contributed by atoms with van der Waals surface area (Å²) in [6.45, 7) is 6.16. The Kier molecular flexibility index (Phi) is 10.9. The summed E-state index contributed by atoms with van der Waals surface area (Å²) in [5, 5.41) is 15.2. The fourth-order valence-electron chi connectivity index (χ4n) is 5.70. The number of hydrogen-bond donors (Lipinski definition) is 3. The topological polar surface area (TPSA) is 114 Å². The molecular weight excluding hydrogens is 609 g/mol. The Hall–Kier alpha value is -4.73. The number of hydrogen-bond acceptors (Lipinski definition) is 6. The first-order valence-corrected chi connectivity index (χ1v) is 19.7. The molecule has 0 fully saturated rings. The lowest BCUT2D eigenvalue weighted by molar-refractivity contribution is -0.148. The van der Waals surface area contributed by atoms with Gasteiger partial charge in [-0.05, 0) is 45.0 Å². The fourth-order valence-corrected chi connectivity index (χ4v) is 6.42. The van der Waals surface area contributed by atoms with Crippen molar-refractivity contribution in [3.8, 4) is 22.3 Å². The van der Waals surface area contributed by atoms with Gasteiger partial charge in [-0.25, -0.2) is 9.59 Å². The second-order valence-electron chi connectivity index (χ2n) is 13.0. The Morgan fingerprint density at radius 2 is 1.30 bits per heavy atom. The smallest absolute Gasteiger partial charge is 0.407 e. The second-order valence-corrected chi connectivity index (χ2v) is 18.6. The van der Waals surface area contributed by atoms with Gasteiger partial charge in [-0.2, -0.15) is 0 Å². The summed E-state index contributed by atoms with van der Waals surface area (Å²) in [5.41, 5.74) is 7.24. The van der Waals surface area contributed by atoms with Crippen LogP contribution in [0.25, 0.3) is 22.3 Å². The number of rotatable bonds is 13. The highest BCUT2D eigenvalue weighted by atomic mass is 28.3. The number of carbonyl (C=O) groups excluding carboxylic acids is 3. The van der Waals surface area contributed by atoms with Crippen LogP contribution < -0.4 is 10.6 Å². The first kappa shape index (κ1) is 33.6. The number of aliphatic hydroxyl groups is 1. The van der Waals surface area contributed by atoms with Crippen molar-refractivity contribution < 1.29 is 29.0 Å². The van der Waals surface area contributed by atoms with Gasteiger partial charge in [0, 0.05) is 20.4 Å². The predicted octanol–water partition coefficient (Wildman–Crippen LogP) is 6.16. The number of fused-ring (bicyclic) bond motifs is 3. The van der Waals surface area contributed by atoms with Crippen molar-refractivity contribution in [2.45, 2.75) is 50.1 Å². The van der Waals surface area contributed by atoms with Crippen molar-refractivity contribution in [3.63, 3.8) is 0 Å². The highest BCUT2D eigenvalue weighted by Crippen LogP contribution is 2.44. The van der Waals surface area contributed by atoms with Gasteiger partial charge in [-0.15, -0.1) is 0 Å². The Morgan fingerprint density at radius 3 is 1.89 bits per heavy atom. The molecule has 2 amide bonds.